The number of pyridine rings is 1. The van der Waals surface area contributed by atoms with E-state index in [0.717, 1.165) is 13.0 Å². The molecule has 0 radical (unpaired) electrons. The van der Waals surface area contributed by atoms with E-state index in [-0.39, 0.29) is 0 Å². The standard InChI is InChI=1S/C13H21N3/c1-3-11-9-13(6-8-15-11)16(2)10-12-5-4-7-14-12/h6,8-9,12,14H,3-5,7,10H2,1-2H3. The summed E-state index contributed by atoms with van der Waals surface area (Å²) in [5.41, 5.74) is 2.45. The third kappa shape index (κ3) is 2.73. The predicted molar refractivity (Wildman–Crippen MR) is 67.9 cm³/mol. The van der Waals surface area contributed by atoms with E-state index in [1.54, 1.807) is 0 Å². The van der Waals surface area contributed by atoms with E-state index in [9.17, 15) is 0 Å². The Balaban J connectivity index is 1.98. The zero-order chi connectivity index (χ0) is 11.4. The molecule has 1 N–H and O–H groups in total. The van der Waals surface area contributed by atoms with Crippen LogP contribution >= 0.6 is 0 Å². The van der Waals surface area contributed by atoms with E-state index in [4.69, 9.17) is 0 Å². The predicted octanol–water partition coefficient (Wildman–Crippen LogP) is 1.83. The van der Waals surface area contributed by atoms with Gasteiger partial charge in [0.1, 0.15) is 0 Å². The van der Waals surface area contributed by atoms with Gasteiger partial charge in [0, 0.05) is 37.2 Å². The lowest BCUT2D eigenvalue weighted by Gasteiger charge is -2.23. The molecule has 1 fully saturated rings. The van der Waals surface area contributed by atoms with Crippen molar-refractivity contribution >= 4 is 5.69 Å². The zero-order valence-corrected chi connectivity index (χ0v) is 10.2. The van der Waals surface area contributed by atoms with Crippen LogP contribution < -0.4 is 10.2 Å². The first kappa shape index (κ1) is 11.4. The summed E-state index contributed by atoms with van der Waals surface area (Å²) in [6.45, 7) is 4.41. The third-order valence-electron chi connectivity index (χ3n) is 3.26. The summed E-state index contributed by atoms with van der Waals surface area (Å²) in [6, 6.07) is 4.94. The summed E-state index contributed by atoms with van der Waals surface area (Å²) >= 11 is 0. The number of nitrogens with zero attached hydrogens (tertiary/aromatic N) is 2. The highest BCUT2D eigenvalue weighted by molar-refractivity contribution is 5.45. The fourth-order valence-corrected chi connectivity index (χ4v) is 2.24. The Labute approximate surface area is 97.9 Å². The largest absolute Gasteiger partial charge is 0.373 e. The molecule has 88 valence electrons. The summed E-state index contributed by atoms with van der Waals surface area (Å²) in [4.78, 5) is 6.65. The second-order valence-corrected chi connectivity index (χ2v) is 4.53. The molecule has 2 rings (SSSR count). The van der Waals surface area contributed by atoms with Crippen LogP contribution in [-0.4, -0.2) is 31.2 Å². The SMILES string of the molecule is CCc1cc(N(C)CC2CCCN2)ccn1. The first-order chi connectivity index (χ1) is 7.79. The fourth-order valence-electron chi connectivity index (χ4n) is 2.24. The van der Waals surface area contributed by atoms with Gasteiger partial charge in [-0.3, -0.25) is 4.98 Å². The maximum absolute atomic E-state index is 4.33. The number of anilines is 1. The molecule has 16 heavy (non-hydrogen) atoms. The van der Waals surface area contributed by atoms with Gasteiger partial charge < -0.3 is 10.2 Å². The van der Waals surface area contributed by atoms with Crippen LogP contribution in [0.1, 0.15) is 25.5 Å². The lowest BCUT2D eigenvalue weighted by molar-refractivity contribution is 0.599. The topological polar surface area (TPSA) is 28.2 Å². The summed E-state index contributed by atoms with van der Waals surface area (Å²) in [6.07, 6.45) is 5.53. The Morgan fingerprint density at radius 2 is 2.44 bits per heavy atom. The molecule has 0 amide bonds. The van der Waals surface area contributed by atoms with Crippen molar-refractivity contribution in [2.24, 2.45) is 0 Å². The number of rotatable bonds is 4. The number of nitrogens with one attached hydrogen (secondary N) is 1. The first-order valence-corrected chi connectivity index (χ1v) is 6.19. The molecule has 0 aliphatic carbocycles. The number of aryl methyl sites for hydroxylation is 1. The maximum Gasteiger partial charge on any atom is 0.0421 e. The van der Waals surface area contributed by atoms with E-state index < -0.39 is 0 Å². The highest BCUT2D eigenvalue weighted by Crippen LogP contribution is 2.15. The van der Waals surface area contributed by atoms with Gasteiger partial charge in [-0.05, 0) is 37.9 Å². The van der Waals surface area contributed by atoms with Crippen LogP contribution in [0, 0.1) is 0 Å². The minimum absolute atomic E-state index is 0.656. The minimum Gasteiger partial charge on any atom is -0.373 e. The van der Waals surface area contributed by atoms with E-state index in [1.807, 2.05) is 6.20 Å². The summed E-state index contributed by atoms with van der Waals surface area (Å²) in [7, 11) is 2.16. The molecule has 0 spiro atoms. The fraction of sp³-hybridized carbons (Fsp3) is 0.615. The zero-order valence-electron chi connectivity index (χ0n) is 10.2. The molecule has 1 aliphatic rings. The molecule has 0 bridgehead atoms. The van der Waals surface area contributed by atoms with Crippen LogP contribution in [0.3, 0.4) is 0 Å². The Kier molecular flexibility index (Phi) is 3.78. The van der Waals surface area contributed by atoms with Gasteiger partial charge in [0.05, 0.1) is 0 Å². The maximum atomic E-state index is 4.33. The number of likely N-dealkylation sites (N-methyl/N-ethyl adjacent to an activating group) is 1. The highest BCUT2D eigenvalue weighted by Gasteiger charge is 2.16. The molecule has 1 aromatic heterocycles. The van der Waals surface area contributed by atoms with Crippen molar-refractivity contribution in [2.45, 2.75) is 32.2 Å². The molecule has 1 unspecified atom stereocenters. The van der Waals surface area contributed by atoms with Gasteiger partial charge in [-0.25, -0.2) is 0 Å². The van der Waals surface area contributed by atoms with E-state index in [0.29, 0.717) is 6.04 Å². The van der Waals surface area contributed by atoms with Gasteiger partial charge in [0.15, 0.2) is 0 Å². The molecule has 3 heteroatoms. The third-order valence-corrected chi connectivity index (χ3v) is 3.26. The van der Waals surface area contributed by atoms with Crippen molar-refractivity contribution in [1.29, 1.82) is 0 Å². The van der Waals surface area contributed by atoms with E-state index in [2.05, 4.69) is 41.3 Å². The van der Waals surface area contributed by atoms with Crippen LogP contribution in [0.2, 0.25) is 0 Å². The monoisotopic (exact) mass is 219 g/mol. The highest BCUT2D eigenvalue weighted by atomic mass is 15.1. The van der Waals surface area contributed by atoms with Gasteiger partial charge in [0.25, 0.3) is 0 Å². The molecular weight excluding hydrogens is 198 g/mol. The Hall–Kier alpha value is -1.09. The number of hydrogen-bond acceptors (Lipinski definition) is 3. The first-order valence-electron chi connectivity index (χ1n) is 6.19. The lowest BCUT2D eigenvalue weighted by Crippen LogP contribution is -2.35. The van der Waals surface area contributed by atoms with Gasteiger partial charge in [0.2, 0.25) is 0 Å². The van der Waals surface area contributed by atoms with Crippen molar-refractivity contribution in [3.8, 4) is 0 Å². The quantitative estimate of drug-likeness (QED) is 0.837. The second kappa shape index (κ2) is 5.30. The Morgan fingerprint density at radius 1 is 1.56 bits per heavy atom. The van der Waals surface area contributed by atoms with Crippen LogP contribution in [0.25, 0.3) is 0 Å². The minimum atomic E-state index is 0.656. The molecule has 1 aliphatic heterocycles. The van der Waals surface area contributed by atoms with E-state index in [1.165, 1.54) is 30.8 Å². The molecule has 1 atom stereocenters. The lowest BCUT2D eigenvalue weighted by atomic mass is 10.2. The summed E-state index contributed by atoms with van der Waals surface area (Å²) in [5.74, 6) is 0. The Morgan fingerprint density at radius 3 is 3.12 bits per heavy atom. The summed E-state index contributed by atoms with van der Waals surface area (Å²) in [5, 5.41) is 3.53. The average molecular weight is 219 g/mol. The van der Waals surface area contributed by atoms with E-state index >= 15 is 0 Å². The molecule has 0 saturated carbocycles. The molecular formula is C13H21N3. The molecule has 1 aromatic rings. The van der Waals surface area contributed by atoms with Gasteiger partial charge in [-0.15, -0.1) is 0 Å². The van der Waals surface area contributed by atoms with Crippen LogP contribution in [0.4, 0.5) is 5.69 Å². The van der Waals surface area contributed by atoms with Crippen molar-refractivity contribution in [3.05, 3.63) is 24.0 Å². The average Bonchev–Trinajstić information content (AvgIpc) is 2.82. The van der Waals surface area contributed by atoms with Gasteiger partial charge >= 0.3 is 0 Å². The molecule has 3 nitrogen and oxygen atoms in total. The molecule has 1 saturated heterocycles. The summed E-state index contributed by atoms with van der Waals surface area (Å²) < 4.78 is 0. The number of aromatic nitrogens is 1. The van der Waals surface area contributed by atoms with Crippen molar-refractivity contribution < 1.29 is 0 Å². The van der Waals surface area contributed by atoms with Crippen molar-refractivity contribution in [2.75, 3.05) is 25.0 Å². The smallest absolute Gasteiger partial charge is 0.0421 e. The van der Waals surface area contributed by atoms with Crippen molar-refractivity contribution in [1.82, 2.24) is 10.3 Å². The van der Waals surface area contributed by atoms with Crippen molar-refractivity contribution in [3.63, 3.8) is 0 Å². The van der Waals surface area contributed by atoms with Crippen LogP contribution in [0.15, 0.2) is 18.3 Å². The van der Waals surface area contributed by atoms with Crippen LogP contribution in [0.5, 0.6) is 0 Å². The molecule has 0 aromatic carbocycles. The number of hydrogen-bond donors (Lipinski definition) is 1. The van der Waals surface area contributed by atoms with Gasteiger partial charge in [-0.2, -0.15) is 0 Å². The van der Waals surface area contributed by atoms with Crippen LogP contribution in [-0.2, 0) is 6.42 Å². The molecule has 2 heterocycles. The van der Waals surface area contributed by atoms with Gasteiger partial charge in [-0.1, -0.05) is 6.92 Å². The Bertz CT molecular complexity index is 332. The normalized spacial score (nSPS) is 20.0. The second-order valence-electron chi connectivity index (χ2n) is 4.53.